The average Bonchev–Trinajstić information content (AvgIpc) is 2.61. The van der Waals surface area contributed by atoms with Crippen LogP contribution in [0.25, 0.3) is 0 Å². The quantitative estimate of drug-likeness (QED) is 0.509. The molecule has 1 aromatic rings. The van der Waals surface area contributed by atoms with Gasteiger partial charge in [0.25, 0.3) is 0 Å². The molecule has 8 nitrogen and oxygen atoms in total. The summed E-state index contributed by atoms with van der Waals surface area (Å²) in [6.07, 6.45) is -0.603. The lowest BCUT2D eigenvalue weighted by Gasteiger charge is -2.23. The topological polar surface area (TPSA) is 135 Å². The van der Waals surface area contributed by atoms with Crippen molar-refractivity contribution >= 4 is 12.0 Å². The van der Waals surface area contributed by atoms with Crippen molar-refractivity contribution < 1.29 is 19.4 Å². The van der Waals surface area contributed by atoms with Gasteiger partial charge in [0.1, 0.15) is 29.5 Å². The number of rotatable bonds is 6. The highest BCUT2D eigenvalue weighted by molar-refractivity contribution is 5.85. The monoisotopic (exact) mass is 384 g/mol. The summed E-state index contributed by atoms with van der Waals surface area (Å²) in [5.74, 6) is -1.14. The molecule has 0 fully saturated rings. The fourth-order valence-electron chi connectivity index (χ4n) is 2.23. The Morgan fingerprint density at radius 3 is 2.21 bits per heavy atom. The van der Waals surface area contributed by atoms with Gasteiger partial charge in [-0.2, -0.15) is 10.5 Å². The third kappa shape index (κ3) is 7.38. The fraction of sp³-hybridized carbons (Fsp3) is 0.400. The Morgan fingerprint density at radius 2 is 1.71 bits per heavy atom. The second-order valence-corrected chi connectivity index (χ2v) is 7.10. The fourth-order valence-corrected chi connectivity index (χ4v) is 2.23. The van der Waals surface area contributed by atoms with E-state index in [-0.39, 0.29) is 6.42 Å². The lowest BCUT2D eigenvalue weighted by Crippen LogP contribution is -2.50. The first-order valence-electron chi connectivity index (χ1n) is 8.64. The van der Waals surface area contributed by atoms with Crippen LogP contribution in [0.5, 0.6) is 0 Å². The summed E-state index contributed by atoms with van der Waals surface area (Å²) in [6.45, 7) is 6.54. The molecular formula is C20H24N4O4. The predicted molar refractivity (Wildman–Crippen MR) is 102 cm³/mol. The van der Waals surface area contributed by atoms with E-state index in [1.165, 1.54) is 6.92 Å². The first kappa shape index (κ1) is 22.5. The highest BCUT2D eigenvalue weighted by atomic mass is 16.6. The number of hydrogen-bond donors (Lipinski definition) is 3. The number of amides is 2. The largest absolute Gasteiger partial charge is 0.508 e. The number of alkyl carbamates (subject to hydrolysis) is 1. The molecule has 0 aliphatic carbocycles. The zero-order valence-electron chi connectivity index (χ0n) is 16.3. The summed E-state index contributed by atoms with van der Waals surface area (Å²) in [5.41, 5.74) is -0.428. The van der Waals surface area contributed by atoms with Gasteiger partial charge in [-0.3, -0.25) is 4.79 Å². The summed E-state index contributed by atoms with van der Waals surface area (Å²) < 4.78 is 5.10. The zero-order chi connectivity index (χ0) is 21.3. The molecule has 1 aromatic carbocycles. The highest BCUT2D eigenvalue weighted by Gasteiger charge is 2.26. The highest BCUT2D eigenvalue weighted by Crippen LogP contribution is 2.13. The number of allylic oxidation sites excluding steroid dienone is 1. The summed E-state index contributed by atoms with van der Waals surface area (Å²) in [5, 5.41) is 33.3. The van der Waals surface area contributed by atoms with Crippen LogP contribution in [0.4, 0.5) is 4.79 Å². The molecule has 148 valence electrons. The Bertz CT molecular complexity index is 797. The third-order valence-electron chi connectivity index (χ3n) is 3.54. The molecule has 8 heteroatoms. The molecule has 0 radical (unpaired) electrons. The number of aliphatic hydroxyl groups is 1. The lowest BCUT2D eigenvalue weighted by atomic mass is 10.0. The SMILES string of the molecule is C[C@H](NC(=O)OC(C)(C)C)C(=O)N[C@@H](Cc1ccccc1)C(O)=C(C#N)C#N. The van der Waals surface area contributed by atoms with Crippen LogP contribution in [0, 0.1) is 22.7 Å². The van der Waals surface area contributed by atoms with E-state index in [0.717, 1.165) is 5.56 Å². The minimum Gasteiger partial charge on any atom is -0.508 e. The number of ether oxygens (including phenoxy) is 1. The number of hydrogen-bond acceptors (Lipinski definition) is 6. The minimum atomic E-state index is -1.01. The Kier molecular flexibility index (Phi) is 8.03. The predicted octanol–water partition coefficient (Wildman–Crippen LogP) is 2.49. The van der Waals surface area contributed by atoms with Gasteiger partial charge in [0.15, 0.2) is 5.57 Å². The Morgan fingerprint density at radius 1 is 1.14 bits per heavy atom. The van der Waals surface area contributed by atoms with Crippen molar-refractivity contribution in [1.29, 1.82) is 10.5 Å². The van der Waals surface area contributed by atoms with Gasteiger partial charge >= 0.3 is 6.09 Å². The molecule has 0 saturated heterocycles. The molecule has 0 unspecified atom stereocenters. The van der Waals surface area contributed by atoms with Crippen LogP contribution >= 0.6 is 0 Å². The van der Waals surface area contributed by atoms with Crippen molar-refractivity contribution in [2.75, 3.05) is 0 Å². The molecule has 0 heterocycles. The van der Waals surface area contributed by atoms with Crippen LogP contribution in [0.2, 0.25) is 0 Å². The maximum absolute atomic E-state index is 12.5. The number of carbonyl (C=O) groups is 2. The number of nitrogens with zero attached hydrogens (tertiary/aromatic N) is 2. The molecule has 0 aliphatic rings. The van der Waals surface area contributed by atoms with Gasteiger partial charge in [0, 0.05) is 0 Å². The van der Waals surface area contributed by atoms with E-state index in [2.05, 4.69) is 10.6 Å². The summed E-state index contributed by atoms with van der Waals surface area (Å²) in [4.78, 5) is 24.3. The van der Waals surface area contributed by atoms with E-state index < -0.39 is 41.0 Å². The number of nitrogens with one attached hydrogen (secondary N) is 2. The second kappa shape index (κ2) is 9.98. The molecular weight excluding hydrogens is 360 g/mol. The molecule has 3 N–H and O–H groups in total. The van der Waals surface area contributed by atoms with Crippen LogP contribution < -0.4 is 10.6 Å². The number of carbonyl (C=O) groups excluding carboxylic acids is 2. The Hall–Kier alpha value is -3.52. The van der Waals surface area contributed by atoms with E-state index in [0.29, 0.717) is 0 Å². The van der Waals surface area contributed by atoms with E-state index >= 15 is 0 Å². The maximum atomic E-state index is 12.5. The van der Waals surface area contributed by atoms with Gasteiger partial charge < -0.3 is 20.5 Å². The van der Waals surface area contributed by atoms with Gasteiger partial charge in [0.05, 0.1) is 6.04 Å². The van der Waals surface area contributed by atoms with Crippen LogP contribution in [0.15, 0.2) is 41.7 Å². The number of nitriles is 2. The number of benzene rings is 1. The molecule has 0 aliphatic heterocycles. The summed E-state index contributed by atoms with van der Waals surface area (Å²) in [6, 6.07) is 10.2. The first-order chi connectivity index (χ1) is 13.1. The standard InChI is InChI=1S/C20H24N4O4/c1-13(23-19(27)28-20(2,3)4)18(26)24-16(17(25)15(11-21)12-22)10-14-8-6-5-7-9-14/h5-9,13,16,25H,10H2,1-4H3,(H,23,27)(H,24,26)/t13-,16-/m0/s1. The van der Waals surface area contributed by atoms with E-state index in [4.69, 9.17) is 15.3 Å². The minimum absolute atomic E-state index is 0.157. The van der Waals surface area contributed by atoms with E-state index in [9.17, 15) is 14.7 Å². The number of aliphatic hydroxyl groups excluding tert-OH is 1. The molecule has 2 amide bonds. The van der Waals surface area contributed by atoms with Crippen molar-refractivity contribution in [3.8, 4) is 12.1 Å². The van der Waals surface area contributed by atoms with E-state index in [1.54, 1.807) is 57.2 Å². The van der Waals surface area contributed by atoms with Gasteiger partial charge in [-0.1, -0.05) is 30.3 Å². The van der Waals surface area contributed by atoms with Crippen molar-refractivity contribution in [1.82, 2.24) is 10.6 Å². The van der Waals surface area contributed by atoms with Crippen molar-refractivity contribution in [3.05, 3.63) is 47.2 Å². The van der Waals surface area contributed by atoms with E-state index in [1.807, 2.05) is 6.07 Å². The Labute approximate surface area is 164 Å². The summed E-state index contributed by atoms with van der Waals surface area (Å²) in [7, 11) is 0. The van der Waals surface area contributed by atoms with Gasteiger partial charge in [-0.25, -0.2) is 4.79 Å². The zero-order valence-corrected chi connectivity index (χ0v) is 16.3. The molecule has 2 atom stereocenters. The van der Waals surface area contributed by atoms with Gasteiger partial charge in [-0.15, -0.1) is 0 Å². The average molecular weight is 384 g/mol. The lowest BCUT2D eigenvalue weighted by molar-refractivity contribution is -0.123. The summed E-state index contributed by atoms with van der Waals surface area (Å²) >= 11 is 0. The maximum Gasteiger partial charge on any atom is 0.408 e. The molecule has 1 rings (SSSR count). The van der Waals surface area contributed by atoms with Gasteiger partial charge in [-0.05, 0) is 39.7 Å². The van der Waals surface area contributed by atoms with Crippen LogP contribution in [0.3, 0.4) is 0 Å². The molecule has 0 saturated carbocycles. The second-order valence-electron chi connectivity index (χ2n) is 7.10. The van der Waals surface area contributed by atoms with Crippen molar-refractivity contribution in [2.24, 2.45) is 0 Å². The molecule has 0 bridgehead atoms. The smallest absolute Gasteiger partial charge is 0.408 e. The van der Waals surface area contributed by atoms with Gasteiger partial charge in [0.2, 0.25) is 5.91 Å². The third-order valence-corrected chi connectivity index (χ3v) is 3.54. The molecule has 0 aromatic heterocycles. The van der Waals surface area contributed by atoms with Crippen molar-refractivity contribution in [2.45, 2.75) is 51.8 Å². The van der Waals surface area contributed by atoms with Crippen LogP contribution in [-0.4, -0.2) is 34.8 Å². The molecule has 28 heavy (non-hydrogen) atoms. The normalized spacial score (nSPS) is 12.5. The molecule has 0 spiro atoms. The Balaban J connectivity index is 2.95. The van der Waals surface area contributed by atoms with Crippen molar-refractivity contribution in [3.63, 3.8) is 0 Å². The van der Waals surface area contributed by atoms with Crippen LogP contribution in [-0.2, 0) is 16.0 Å². The van der Waals surface area contributed by atoms with Crippen LogP contribution in [0.1, 0.15) is 33.3 Å². The first-order valence-corrected chi connectivity index (χ1v) is 8.64.